The molecule has 0 atom stereocenters. The number of carbonyl (C=O) groups is 3. The van der Waals surface area contributed by atoms with Gasteiger partial charge in [0.15, 0.2) is 10.8 Å². The fraction of sp³-hybridized carbons (Fsp3) is 0.176. The third-order valence-corrected chi connectivity index (χ3v) is 4.65. The highest BCUT2D eigenvalue weighted by atomic mass is 35.5. The molecule has 1 aliphatic heterocycles. The number of nitrogens with zero attached hydrogens (tertiary/aromatic N) is 2. The van der Waals surface area contributed by atoms with Crippen LogP contribution in [0.25, 0.3) is 0 Å². The lowest BCUT2D eigenvalue weighted by atomic mass is 10.1. The second-order valence-electron chi connectivity index (χ2n) is 5.67. The summed E-state index contributed by atoms with van der Waals surface area (Å²) in [5.74, 6) is -2.10. The highest BCUT2D eigenvalue weighted by molar-refractivity contribution is 6.49. The number of fused-ring (bicyclic) bond motifs is 1. The summed E-state index contributed by atoms with van der Waals surface area (Å²) in [6.45, 7) is 3.29. The van der Waals surface area contributed by atoms with Crippen molar-refractivity contribution in [1.29, 1.82) is 0 Å². The average Bonchev–Trinajstić information content (AvgIpc) is 2.83. The van der Waals surface area contributed by atoms with Gasteiger partial charge in [0.05, 0.1) is 27.9 Å². The first kappa shape index (κ1) is 18.6. The smallest absolute Gasteiger partial charge is 0.358 e. The van der Waals surface area contributed by atoms with Crippen molar-refractivity contribution < 1.29 is 19.1 Å². The van der Waals surface area contributed by atoms with E-state index in [1.165, 1.54) is 12.1 Å². The van der Waals surface area contributed by atoms with Crippen LogP contribution in [0, 0.1) is 0 Å². The predicted molar refractivity (Wildman–Crippen MR) is 97.4 cm³/mol. The summed E-state index contributed by atoms with van der Waals surface area (Å²) in [6, 6.07) is 6.27. The molecule has 0 spiro atoms. The summed E-state index contributed by atoms with van der Waals surface area (Å²) < 4.78 is 5.07. The topological polar surface area (TPSA) is 76.6 Å². The van der Waals surface area contributed by atoms with Crippen LogP contribution in [0.2, 0.25) is 15.2 Å². The van der Waals surface area contributed by atoms with Crippen LogP contribution >= 0.6 is 34.8 Å². The van der Waals surface area contributed by atoms with Gasteiger partial charge in [0.2, 0.25) is 0 Å². The first-order valence-electron chi connectivity index (χ1n) is 7.47. The van der Waals surface area contributed by atoms with Crippen molar-refractivity contribution in [3.63, 3.8) is 0 Å². The van der Waals surface area contributed by atoms with E-state index in [0.717, 1.165) is 4.90 Å². The van der Waals surface area contributed by atoms with E-state index in [2.05, 4.69) is 4.98 Å². The molecule has 6 nitrogen and oxygen atoms in total. The number of esters is 1. The Bertz CT molecular complexity index is 924. The lowest BCUT2D eigenvalue weighted by Gasteiger charge is -2.19. The van der Waals surface area contributed by atoms with Crippen molar-refractivity contribution >= 4 is 58.3 Å². The van der Waals surface area contributed by atoms with Crippen molar-refractivity contribution in [1.82, 2.24) is 4.98 Å². The predicted octanol–water partition coefficient (Wildman–Crippen LogP) is 4.41. The minimum Gasteiger partial charge on any atom is -0.458 e. The Labute approximate surface area is 163 Å². The molecule has 0 N–H and O–H groups in total. The molecule has 3 rings (SSSR count). The fourth-order valence-electron chi connectivity index (χ4n) is 2.50. The Balaban J connectivity index is 2.17. The number of hydrogen-bond donors (Lipinski definition) is 0. The van der Waals surface area contributed by atoms with E-state index in [1.807, 2.05) is 0 Å². The van der Waals surface area contributed by atoms with E-state index in [-0.39, 0.29) is 37.7 Å². The van der Waals surface area contributed by atoms with Gasteiger partial charge in [-0.25, -0.2) is 14.7 Å². The number of rotatable bonds is 3. The molecule has 0 radical (unpaired) electrons. The van der Waals surface area contributed by atoms with Crippen LogP contribution in [0.15, 0.2) is 24.3 Å². The Kier molecular flexibility index (Phi) is 4.92. The zero-order chi connectivity index (χ0) is 19.2. The second-order valence-corrected chi connectivity index (χ2v) is 6.79. The van der Waals surface area contributed by atoms with Gasteiger partial charge in [-0.3, -0.25) is 9.59 Å². The molecular weight excluding hydrogens is 403 g/mol. The van der Waals surface area contributed by atoms with E-state index in [1.54, 1.807) is 26.0 Å². The monoisotopic (exact) mass is 412 g/mol. The quantitative estimate of drug-likeness (QED) is 0.423. The highest BCUT2D eigenvalue weighted by Gasteiger charge is 2.40. The van der Waals surface area contributed by atoms with Gasteiger partial charge < -0.3 is 4.74 Å². The molecule has 1 aliphatic rings. The summed E-state index contributed by atoms with van der Waals surface area (Å²) in [5.41, 5.74) is -0.135. The highest BCUT2D eigenvalue weighted by Crippen LogP contribution is 2.42. The molecule has 0 saturated heterocycles. The number of ether oxygens (including phenoxy) is 1. The van der Waals surface area contributed by atoms with E-state index in [4.69, 9.17) is 39.5 Å². The van der Waals surface area contributed by atoms with Crippen LogP contribution in [0.5, 0.6) is 0 Å². The van der Waals surface area contributed by atoms with Crippen LogP contribution < -0.4 is 4.90 Å². The molecular formula is C17H11Cl3N2O4. The molecule has 1 aromatic carbocycles. The maximum atomic E-state index is 12.7. The minimum atomic E-state index is -0.846. The molecule has 0 unspecified atom stereocenters. The lowest BCUT2D eigenvalue weighted by Crippen LogP contribution is -2.30. The fourth-order valence-corrected chi connectivity index (χ4v) is 3.24. The zero-order valence-corrected chi connectivity index (χ0v) is 15.8. The van der Waals surface area contributed by atoms with Gasteiger partial charge in [-0.1, -0.05) is 46.9 Å². The van der Waals surface area contributed by atoms with Gasteiger partial charge in [0.25, 0.3) is 11.8 Å². The molecule has 1 aromatic heterocycles. The third kappa shape index (κ3) is 2.94. The van der Waals surface area contributed by atoms with Gasteiger partial charge in [-0.05, 0) is 26.0 Å². The van der Waals surface area contributed by atoms with Gasteiger partial charge in [-0.15, -0.1) is 0 Å². The summed E-state index contributed by atoms with van der Waals surface area (Å²) >= 11 is 18.4. The number of halogens is 3. The first-order valence-corrected chi connectivity index (χ1v) is 8.60. The SMILES string of the molecule is CC(C)OC(=O)c1nc(Cl)c(Cl)c(N2C(=O)c3ccccc3C2=O)c1Cl. The summed E-state index contributed by atoms with van der Waals surface area (Å²) in [4.78, 5) is 42.2. The average molecular weight is 414 g/mol. The largest absolute Gasteiger partial charge is 0.458 e. The number of anilines is 1. The van der Waals surface area contributed by atoms with Crippen LogP contribution in [0.4, 0.5) is 5.69 Å². The van der Waals surface area contributed by atoms with E-state index in [9.17, 15) is 14.4 Å². The third-order valence-electron chi connectivity index (χ3n) is 3.57. The number of imide groups is 1. The van der Waals surface area contributed by atoms with Crippen molar-refractivity contribution in [2.45, 2.75) is 20.0 Å². The number of carbonyl (C=O) groups excluding carboxylic acids is 3. The summed E-state index contributed by atoms with van der Waals surface area (Å²) in [5, 5.41) is -0.787. The molecule has 9 heteroatoms. The summed E-state index contributed by atoms with van der Waals surface area (Å²) in [7, 11) is 0. The number of pyridine rings is 1. The lowest BCUT2D eigenvalue weighted by molar-refractivity contribution is 0.0370. The van der Waals surface area contributed by atoms with Crippen LogP contribution in [0.3, 0.4) is 0 Å². The Morgan fingerprint density at radius 1 is 1.04 bits per heavy atom. The maximum absolute atomic E-state index is 12.7. The Morgan fingerprint density at radius 3 is 2.08 bits per heavy atom. The number of hydrogen-bond acceptors (Lipinski definition) is 5. The van der Waals surface area contributed by atoms with Crippen molar-refractivity contribution in [2.24, 2.45) is 0 Å². The van der Waals surface area contributed by atoms with Gasteiger partial charge in [0, 0.05) is 0 Å². The number of amides is 2. The molecule has 134 valence electrons. The van der Waals surface area contributed by atoms with Crippen LogP contribution in [-0.2, 0) is 4.74 Å². The van der Waals surface area contributed by atoms with Gasteiger partial charge in [-0.2, -0.15) is 0 Å². The molecule has 26 heavy (non-hydrogen) atoms. The number of aromatic nitrogens is 1. The molecule has 0 fully saturated rings. The molecule has 0 saturated carbocycles. The molecule has 0 aliphatic carbocycles. The first-order chi connectivity index (χ1) is 12.2. The zero-order valence-electron chi connectivity index (χ0n) is 13.5. The van der Waals surface area contributed by atoms with Crippen molar-refractivity contribution in [3.05, 3.63) is 56.3 Å². The molecule has 2 aromatic rings. The molecule has 2 amide bonds. The Morgan fingerprint density at radius 2 is 1.58 bits per heavy atom. The summed E-state index contributed by atoms with van der Waals surface area (Å²) in [6.07, 6.45) is -0.433. The molecule has 0 bridgehead atoms. The number of benzene rings is 1. The minimum absolute atomic E-state index is 0.198. The maximum Gasteiger partial charge on any atom is 0.358 e. The van der Waals surface area contributed by atoms with Crippen molar-refractivity contribution in [2.75, 3.05) is 4.90 Å². The standard InChI is InChI=1S/C17H11Cl3N2O4/c1-7(2)26-17(25)12-10(18)13(11(19)14(20)21-12)22-15(23)8-5-3-4-6-9(8)16(22)24/h3-7H,1-2H3. The van der Waals surface area contributed by atoms with Crippen LogP contribution in [-0.4, -0.2) is 28.9 Å². The van der Waals surface area contributed by atoms with Gasteiger partial charge >= 0.3 is 5.97 Å². The van der Waals surface area contributed by atoms with E-state index >= 15 is 0 Å². The normalized spacial score (nSPS) is 13.4. The molecule has 2 heterocycles. The second kappa shape index (κ2) is 6.87. The van der Waals surface area contributed by atoms with E-state index < -0.39 is 23.9 Å². The Hall–Kier alpha value is -2.15. The van der Waals surface area contributed by atoms with Crippen molar-refractivity contribution in [3.8, 4) is 0 Å². The van der Waals surface area contributed by atoms with Gasteiger partial charge in [0.1, 0.15) is 5.02 Å². The van der Waals surface area contributed by atoms with E-state index in [0.29, 0.717) is 0 Å². The van der Waals surface area contributed by atoms with Crippen LogP contribution in [0.1, 0.15) is 45.1 Å².